The van der Waals surface area contributed by atoms with Crippen LogP contribution in [0.2, 0.25) is 0 Å². The molecule has 0 aromatic heterocycles. The summed E-state index contributed by atoms with van der Waals surface area (Å²) in [5, 5.41) is 11.6. The van der Waals surface area contributed by atoms with Gasteiger partial charge in [-0.2, -0.15) is 5.26 Å². The van der Waals surface area contributed by atoms with Gasteiger partial charge in [0.1, 0.15) is 11.5 Å². The number of nitrogens with one attached hydrogen (secondary N) is 1. The van der Waals surface area contributed by atoms with E-state index in [0.717, 1.165) is 11.5 Å². The average Bonchev–Trinajstić information content (AvgIpc) is 2.59. The highest BCUT2D eigenvalue weighted by atomic mass is 16.5. The predicted octanol–water partition coefficient (Wildman–Crippen LogP) is 3.36. The van der Waals surface area contributed by atoms with Gasteiger partial charge in [-0.25, -0.2) is 0 Å². The summed E-state index contributed by atoms with van der Waals surface area (Å²) >= 11 is 0. The number of carbonyl (C=O) groups excluding carboxylic acids is 1. The van der Waals surface area contributed by atoms with Crippen molar-refractivity contribution in [3.8, 4) is 17.6 Å². The minimum absolute atomic E-state index is 0.0987. The van der Waals surface area contributed by atoms with Gasteiger partial charge in [-0.05, 0) is 48.9 Å². The minimum atomic E-state index is -0.0987. The zero-order valence-corrected chi connectivity index (χ0v) is 12.9. The van der Waals surface area contributed by atoms with Crippen molar-refractivity contribution in [2.75, 3.05) is 19.0 Å². The number of amides is 1. The topological polar surface area (TPSA) is 71.3 Å². The van der Waals surface area contributed by atoms with Crippen LogP contribution in [-0.4, -0.2) is 19.6 Å². The van der Waals surface area contributed by atoms with E-state index in [1.807, 2.05) is 30.3 Å². The molecule has 0 fully saturated rings. The van der Waals surface area contributed by atoms with E-state index in [-0.39, 0.29) is 5.91 Å². The Morgan fingerprint density at radius 1 is 1.17 bits per heavy atom. The Hall–Kier alpha value is -3.00. The van der Waals surface area contributed by atoms with Crippen molar-refractivity contribution in [1.29, 1.82) is 5.26 Å². The predicted molar refractivity (Wildman–Crippen MR) is 87.5 cm³/mol. The van der Waals surface area contributed by atoms with Crippen molar-refractivity contribution in [3.05, 3.63) is 54.1 Å². The zero-order valence-electron chi connectivity index (χ0n) is 12.9. The fourth-order valence-electron chi connectivity index (χ4n) is 1.98. The molecule has 0 aliphatic carbocycles. The van der Waals surface area contributed by atoms with Crippen molar-refractivity contribution in [2.24, 2.45) is 0 Å². The molecule has 1 N–H and O–H groups in total. The number of hydrogen-bond donors (Lipinski definition) is 1. The van der Waals surface area contributed by atoms with Gasteiger partial charge < -0.3 is 14.8 Å². The maximum atomic E-state index is 11.8. The second-order valence-corrected chi connectivity index (χ2v) is 4.87. The zero-order chi connectivity index (χ0) is 16.5. The number of carbonyl (C=O) groups is 1. The van der Waals surface area contributed by atoms with E-state index in [2.05, 4.69) is 5.32 Å². The Morgan fingerprint density at radius 3 is 2.61 bits per heavy atom. The monoisotopic (exact) mass is 310 g/mol. The van der Waals surface area contributed by atoms with E-state index >= 15 is 0 Å². The van der Waals surface area contributed by atoms with Gasteiger partial charge >= 0.3 is 0 Å². The molecule has 0 atom stereocenters. The molecule has 0 aliphatic rings. The lowest BCUT2D eigenvalue weighted by molar-refractivity contribution is -0.116. The summed E-state index contributed by atoms with van der Waals surface area (Å²) in [6.45, 7) is 0.456. The minimum Gasteiger partial charge on any atom is -0.497 e. The van der Waals surface area contributed by atoms with Gasteiger partial charge in [0, 0.05) is 12.1 Å². The van der Waals surface area contributed by atoms with Crippen molar-refractivity contribution in [3.63, 3.8) is 0 Å². The fourth-order valence-corrected chi connectivity index (χ4v) is 1.98. The van der Waals surface area contributed by atoms with E-state index in [1.54, 1.807) is 31.4 Å². The molecule has 0 bridgehead atoms. The molecular formula is C18H18N2O3. The number of rotatable bonds is 7. The first kappa shape index (κ1) is 16.4. The lowest BCUT2D eigenvalue weighted by Crippen LogP contribution is -2.12. The average molecular weight is 310 g/mol. The molecule has 5 nitrogen and oxygen atoms in total. The van der Waals surface area contributed by atoms with Gasteiger partial charge in [-0.3, -0.25) is 4.79 Å². The highest BCUT2D eigenvalue weighted by Gasteiger charge is 2.03. The van der Waals surface area contributed by atoms with Crippen LogP contribution in [0.15, 0.2) is 48.5 Å². The Balaban J connectivity index is 1.71. The van der Waals surface area contributed by atoms with Crippen LogP contribution in [0.4, 0.5) is 5.69 Å². The molecular weight excluding hydrogens is 292 g/mol. The van der Waals surface area contributed by atoms with E-state index in [0.29, 0.717) is 30.7 Å². The van der Waals surface area contributed by atoms with Crippen LogP contribution in [0.3, 0.4) is 0 Å². The first-order valence-electron chi connectivity index (χ1n) is 7.28. The number of methoxy groups -OCH3 is 1. The largest absolute Gasteiger partial charge is 0.497 e. The standard InChI is InChI=1S/C18H18N2O3/c1-22-16-7-9-17(10-8-16)23-11-3-6-18(21)20-15-5-2-4-14(12-15)13-19/h2,4-5,7-10,12H,3,6,11H2,1H3,(H,20,21). The molecule has 0 unspecified atom stereocenters. The molecule has 0 spiro atoms. The molecule has 2 aromatic rings. The van der Waals surface area contributed by atoms with E-state index in [4.69, 9.17) is 14.7 Å². The quantitative estimate of drug-likeness (QED) is 0.796. The highest BCUT2D eigenvalue weighted by Crippen LogP contribution is 2.17. The highest BCUT2D eigenvalue weighted by molar-refractivity contribution is 5.90. The van der Waals surface area contributed by atoms with Gasteiger partial charge in [0.25, 0.3) is 0 Å². The molecule has 1 amide bonds. The van der Waals surface area contributed by atoms with Gasteiger partial charge in [-0.15, -0.1) is 0 Å². The SMILES string of the molecule is COc1ccc(OCCCC(=O)Nc2cccc(C#N)c2)cc1. The third-order valence-corrected chi connectivity index (χ3v) is 3.15. The molecule has 0 aliphatic heterocycles. The van der Waals surface area contributed by atoms with E-state index in [1.165, 1.54) is 0 Å². The fraction of sp³-hybridized carbons (Fsp3) is 0.222. The first-order valence-corrected chi connectivity index (χ1v) is 7.28. The number of nitrogens with zero attached hydrogens (tertiary/aromatic N) is 1. The summed E-state index contributed by atoms with van der Waals surface area (Å²) in [5.74, 6) is 1.42. The second-order valence-electron chi connectivity index (χ2n) is 4.87. The van der Waals surface area contributed by atoms with E-state index < -0.39 is 0 Å². The molecule has 0 heterocycles. The molecule has 5 heteroatoms. The number of nitriles is 1. The number of ether oxygens (including phenoxy) is 2. The molecule has 2 rings (SSSR count). The lowest BCUT2D eigenvalue weighted by atomic mass is 10.2. The summed E-state index contributed by atoms with van der Waals surface area (Å²) < 4.78 is 10.6. The van der Waals surface area contributed by atoms with Crippen LogP contribution in [0, 0.1) is 11.3 Å². The van der Waals surface area contributed by atoms with Crippen molar-refractivity contribution >= 4 is 11.6 Å². The van der Waals surface area contributed by atoms with Gasteiger partial charge in [0.05, 0.1) is 25.3 Å². The third-order valence-electron chi connectivity index (χ3n) is 3.15. The van der Waals surface area contributed by atoms with E-state index in [9.17, 15) is 4.79 Å². The summed E-state index contributed by atoms with van der Waals surface area (Å²) in [4.78, 5) is 11.8. The van der Waals surface area contributed by atoms with Gasteiger partial charge in [0.2, 0.25) is 5.91 Å². The number of anilines is 1. The third kappa shape index (κ3) is 5.36. The van der Waals surface area contributed by atoms with Crippen LogP contribution in [0.5, 0.6) is 11.5 Å². The van der Waals surface area contributed by atoms with Crippen LogP contribution in [0.1, 0.15) is 18.4 Å². The maximum Gasteiger partial charge on any atom is 0.224 e. The first-order chi connectivity index (χ1) is 11.2. The lowest BCUT2D eigenvalue weighted by Gasteiger charge is -2.08. The maximum absolute atomic E-state index is 11.8. The normalized spacial score (nSPS) is 9.74. The van der Waals surface area contributed by atoms with Crippen molar-refractivity contribution < 1.29 is 14.3 Å². The Labute approximate surface area is 135 Å². The molecule has 0 saturated heterocycles. The van der Waals surface area contributed by atoms with Crippen LogP contribution in [0.25, 0.3) is 0 Å². The van der Waals surface area contributed by atoms with Crippen molar-refractivity contribution in [1.82, 2.24) is 0 Å². The summed E-state index contributed by atoms with van der Waals surface area (Å²) in [7, 11) is 1.61. The summed E-state index contributed by atoms with van der Waals surface area (Å²) in [5.41, 5.74) is 1.15. The molecule has 2 aromatic carbocycles. The van der Waals surface area contributed by atoms with Crippen LogP contribution < -0.4 is 14.8 Å². The van der Waals surface area contributed by atoms with Crippen LogP contribution >= 0.6 is 0 Å². The molecule has 0 saturated carbocycles. The summed E-state index contributed by atoms with van der Waals surface area (Å²) in [6.07, 6.45) is 0.961. The number of hydrogen-bond acceptors (Lipinski definition) is 4. The smallest absolute Gasteiger partial charge is 0.224 e. The number of benzene rings is 2. The van der Waals surface area contributed by atoms with Crippen molar-refractivity contribution in [2.45, 2.75) is 12.8 Å². The summed E-state index contributed by atoms with van der Waals surface area (Å²) in [6, 6.07) is 16.2. The Bertz CT molecular complexity index is 690. The van der Waals surface area contributed by atoms with Gasteiger partial charge in [0.15, 0.2) is 0 Å². The van der Waals surface area contributed by atoms with Gasteiger partial charge in [-0.1, -0.05) is 6.07 Å². The molecule has 118 valence electrons. The molecule has 23 heavy (non-hydrogen) atoms. The molecule has 0 radical (unpaired) electrons. The second kappa shape index (κ2) is 8.44. The van der Waals surface area contributed by atoms with Crippen LogP contribution in [-0.2, 0) is 4.79 Å². The Morgan fingerprint density at radius 2 is 1.91 bits per heavy atom. The Kier molecular flexibility index (Phi) is 6.01.